The minimum Gasteiger partial charge on any atom is -0.395 e. The Labute approximate surface area is 179 Å². The zero-order valence-electron chi connectivity index (χ0n) is 17.4. The molecule has 160 valence electrons. The Bertz CT molecular complexity index is 1030. The summed E-state index contributed by atoms with van der Waals surface area (Å²) in [5.74, 6) is 0.857. The molecule has 3 aliphatic rings. The molecule has 0 aromatic heterocycles. The number of aliphatic hydroxyl groups is 1. The Morgan fingerprint density at radius 1 is 1.07 bits per heavy atom. The molecule has 2 fully saturated rings. The van der Waals surface area contributed by atoms with Gasteiger partial charge in [0.15, 0.2) is 0 Å². The zero-order chi connectivity index (χ0) is 20.9. The van der Waals surface area contributed by atoms with E-state index in [1.54, 1.807) is 22.5 Å². The van der Waals surface area contributed by atoms with Crippen LogP contribution in [0.1, 0.15) is 42.7 Å². The first-order valence-corrected chi connectivity index (χ1v) is 12.5. The normalized spacial score (nSPS) is 26.9. The number of aliphatic hydroxyl groups excluding tert-OH is 1. The van der Waals surface area contributed by atoms with Crippen LogP contribution in [0.25, 0.3) is 0 Å². The first-order chi connectivity index (χ1) is 14.5. The van der Waals surface area contributed by atoms with Gasteiger partial charge in [-0.25, -0.2) is 8.42 Å². The zero-order valence-corrected chi connectivity index (χ0v) is 18.3. The number of hydrogen-bond acceptors (Lipinski definition) is 4. The van der Waals surface area contributed by atoms with Crippen LogP contribution >= 0.6 is 0 Å². The van der Waals surface area contributed by atoms with Crippen molar-refractivity contribution in [2.45, 2.75) is 55.5 Å². The Hall–Kier alpha value is -1.89. The van der Waals surface area contributed by atoms with E-state index >= 15 is 0 Å². The van der Waals surface area contributed by atoms with E-state index in [-0.39, 0.29) is 24.6 Å². The molecule has 3 atom stereocenters. The third-order valence-electron chi connectivity index (χ3n) is 7.31. The number of sulfonamides is 1. The van der Waals surface area contributed by atoms with Crippen molar-refractivity contribution in [1.29, 1.82) is 0 Å². The predicted molar refractivity (Wildman–Crippen MR) is 118 cm³/mol. The molecule has 1 N–H and O–H groups in total. The van der Waals surface area contributed by atoms with Crippen molar-refractivity contribution in [3.05, 3.63) is 59.7 Å². The molecule has 6 heteroatoms. The van der Waals surface area contributed by atoms with Crippen molar-refractivity contribution in [1.82, 2.24) is 4.90 Å². The molecular formula is C24H30N2O3S. The summed E-state index contributed by atoms with van der Waals surface area (Å²) in [4.78, 5) is 2.73. The molecule has 0 unspecified atom stereocenters. The smallest absolute Gasteiger partial charge is 0.264 e. The molecule has 0 amide bonds. The van der Waals surface area contributed by atoms with Gasteiger partial charge in [-0.3, -0.25) is 9.21 Å². The Balaban J connectivity index is 1.52. The van der Waals surface area contributed by atoms with Crippen LogP contribution in [0.5, 0.6) is 0 Å². The second kappa shape index (κ2) is 7.66. The third kappa shape index (κ3) is 3.17. The molecule has 1 saturated heterocycles. The Kier molecular flexibility index (Phi) is 5.12. The summed E-state index contributed by atoms with van der Waals surface area (Å²) in [6.45, 7) is 3.45. The lowest BCUT2D eigenvalue weighted by Gasteiger charge is -2.59. The molecule has 0 bridgehead atoms. The summed E-state index contributed by atoms with van der Waals surface area (Å²) < 4.78 is 28.9. The summed E-state index contributed by atoms with van der Waals surface area (Å²) in [7, 11) is -3.65. The number of hydrogen-bond donors (Lipinski definition) is 1. The summed E-state index contributed by atoms with van der Waals surface area (Å²) in [5, 5.41) is 10.2. The molecule has 2 heterocycles. The fourth-order valence-corrected chi connectivity index (χ4v) is 7.44. The molecule has 2 aromatic carbocycles. The van der Waals surface area contributed by atoms with Crippen LogP contribution in [-0.2, 0) is 10.0 Å². The Morgan fingerprint density at radius 3 is 2.57 bits per heavy atom. The average Bonchev–Trinajstić information content (AvgIpc) is 3.25. The lowest BCUT2D eigenvalue weighted by Crippen LogP contribution is -2.69. The summed E-state index contributed by atoms with van der Waals surface area (Å²) in [6, 6.07) is 15.2. The van der Waals surface area contributed by atoms with E-state index in [0.29, 0.717) is 17.4 Å². The minimum absolute atomic E-state index is 0.0839. The van der Waals surface area contributed by atoms with Crippen LogP contribution in [0.4, 0.5) is 5.69 Å². The van der Waals surface area contributed by atoms with Crippen LogP contribution in [0.3, 0.4) is 0 Å². The maximum Gasteiger partial charge on any atom is 0.264 e. The molecule has 0 radical (unpaired) electrons. The van der Waals surface area contributed by atoms with Gasteiger partial charge in [0.2, 0.25) is 0 Å². The SMILES string of the molecule is Cc1cccc(S(=O)(=O)N2C[C@@H]3[C@H](c4ccccc42)[C@H](CO)N3CC2CCCC2)c1. The van der Waals surface area contributed by atoms with Crippen molar-refractivity contribution in [2.75, 3.05) is 24.0 Å². The highest BCUT2D eigenvalue weighted by atomic mass is 32.2. The van der Waals surface area contributed by atoms with Crippen molar-refractivity contribution < 1.29 is 13.5 Å². The van der Waals surface area contributed by atoms with Crippen molar-refractivity contribution >= 4 is 15.7 Å². The summed E-state index contributed by atoms with van der Waals surface area (Å²) >= 11 is 0. The molecule has 2 aromatic rings. The van der Waals surface area contributed by atoms with E-state index in [1.807, 2.05) is 37.3 Å². The molecule has 1 saturated carbocycles. The van der Waals surface area contributed by atoms with Gasteiger partial charge in [0.05, 0.1) is 23.7 Å². The highest BCUT2D eigenvalue weighted by Gasteiger charge is 2.54. The van der Waals surface area contributed by atoms with Gasteiger partial charge in [0.1, 0.15) is 0 Å². The average molecular weight is 427 g/mol. The number of nitrogens with zero attached hydrogens (tertiary/aromatic N) is 2. The fraction of sp³-hybridized carbons (Fsp3) is 0.500. The molecule has 0 spiro atoms. The van der Waals surface area contributed by atoms with Gasteiger partial charge < -0.3 is 5.11 Å². The lowest BCUT2D eigenvalue weighted by molar-refractivity contribution is -0.0502. The molecule has 2 aliphatic heterocycles. The van der Waals surface area contributed by atoms with Crippen LogP contribution in [-0.4, -0.2) is 50.2 Å². The number of benzene rings is 2. The quantitative estimate of drug-likeness (QED) is 0.795. The van der Waals surface area contributed by atoms with Crippen molar-refractivity contribution in [2.24, 2.45) is 5.92 Å². The van der Waals surface area contributed by atoms with Crippen LogP contribution < -0.4 is 4.31 Å². The first kappa shape index (κ1) is 20.0. The number of rotatable bonds is 5. The Morgan fingerprint density at radius 2 is 1.83 bits per heavy atom. The maximum atomic E-state index is 13.6. The lowest BCUT2D eigenvalue weighted by atomic mass is 9.72. The van der Waals surface area contributed by atoms with Crippen LogP contribution in [0.15, 0.2) is 53.4 Å². The van der Waals surface area contributed by atoms with E-state index in [0.717, 1.165) is 23.4 Å². The number of fused-ring (bicyclic) bond motifs is 3. The minimum atomic E-state index is -3.65. The number of para-hydroxylation sites is 1. The monoisotopic (exact) mass is 426 g/mol. The van der Waals surface area contributed by atoms with E-state index in [9.17, 15) is 13.5 Å². The van der Waals surface area contributed by atoms with Gasteiger partial charge in [0, 0.05) is 24.5 Å². The largest absolute Gasteiger partial charge is 0.395 e. The van der Waals surface area contributed by atoms with E-state index in [4.69, 9.17) is 0 Å². The topological polar surface area (TPSA) is 60.9 Å². The van der Waals surface area contributed by atoms with Gasteiger partial charge in [-0.1, -0.05) is 43.2 Å². The number of likely N-dealkylation sites (tertiary alicyclic amines) is 1. The standard InChI is InChI=1S/C24H30N2O3S/c1-17-7-6-10-19(13-17)30(28,29)26-15-22-24(20-11-4-5-12-21(20)26)23(16-27)25(22)14-18-8-2-3-9-18/h4-7,10-13,18,22-24,27H,2-3,8-9,14-16H2,1H3/t22-,23+,24+/m1/s1. The second-order valence-corrected chi connectivity index (χ2v) is 11.0. The number of anilines is 1. The van der Waals surface area contributed by atoms with Gasteiger partial charge in [-0.2, -0.15) is 0 Å². The van der Waals surface area contributed by atoms with E-state index < -0.39 is 10.0 Å². The van der Waals surface area contributed by atoms with Crippen molar-refractivity contribution in [3.63, 3.8) is 0 Å². The maximum absolute atomic E-state index is 13.6. The second-order valence-electron chi connectivity index (χ2n) is 9.10. The summed E-state index contributed by atoms with van der Waals surface area (Å²) in [5.41, 5.74) is 2.75. The van der Waals surface area contributed by atoms with E-state index in [2.05, 4.69) is 4.90 Å². The van der Waals surface area contributed by atoms with Gasteiger partial charge >= 0.3 is 0 Å². The van der Waals surface area contributed by atoms with Crippen LogP contribution in [0.2, 0.25) is 0 Å². The summed E-state index contributed by atoms with van der Waals surface area (Å²) in [6.07, 6.45) is 5.06. The third-order valence-corrected chi connectivity index (χ3v) is 9.08. The molecule has 5 nitrogen and oxygen atoms in total. The van der Waals surface area contributed by atoms with Crippen LogP contribution in [0, 0.1) is 12.8 Å². The van der Waals surface area contributed by atoms with Gasteiger partial charge in [0.25, 0.3) is 10.0 Å². The van der Waals surface area contributed by atoms with E-state index in [1.165, 1.54) is 25.7 Å². The molecule has 5 rings (SSSR count). The van der Waals surface area contributed by atoms with Gasteiger partial charge in [-0.05, 0) is 55.0 Å². The molecular weight excluding hydrogens is 396 g/mol. The first-order valence-electron chi connectivity index (χ1n) is 11.1. The molecule has 1 aliphatic carbocycles. The molecule has 30 heavy (non-hydrogen) atoms. The van der Waals surface area contributed by atoms with Crippen molar-refractivity contribution in [3.8, 4) is 0 Å². The predicted octanol–water partition coefficient (Wildman–Crippen LogP) is 3.52. The highest BCUT2D eigenvalue weighted by molar-refractivity contribution is 7.92. The fourth-order valence-electron chi connectivity index (χ4n) is 5.82. The highest BCUT2D eigenvalue weighted by Crippen LogP contribution is 2.50. The number of aryl methyl sites for hydroxylation is 1. The van der Waals surface area contributed by atoms with Gasteiger partial charge in [-0.15, -0.1) is 0 Å².